The maximum atomic E-state index is 12.3. The van der Waals surface area contributed by atoms with Crippen LogP contribution in [0.5, 0.6) is 0 Å². The number of piperidine rings is 1. The molecule has 0 saturated carbocycles. The number of primary amides is 1. The number of aryl methyl sites for hydroxylation is 1. The standard InChI is InChI=1S/C15H20N2O2/c1-11-5-2-3-7-13(11)14(18)10-17-8-4-6-12(9-17)15(16)19/h2-3,5,7,12H,4,6,8-10H2,1H3,(H2,16,19). The zero-order valence-corrected chi connectivity index (χ0v) is 11.3. The highest BCUT2D eigenvalue weighted by atomic mass is 16.1. The summed E-state index contributed by atoms with van der Waals surface area (Å²) in [6.45, 7) is 3.78. The second-order valence-electron chi connectivity index (χ2n) is 5.21. The molecule has 1 aromatic rings. The Kier molecular flexibility index (Phi) is 4.32. The minimum atomic E-state index is -0.256. The molecule has 1 amide bonds. The van der Waals surface area contributed by atoms with Crippen LogP contribution in [0.25, 0.3) is 0 Å². The Bertz CT molecular complexity index is 485. The van der Waals surface area contributed by atoms with Crippen LogP contribution >= 0.6 is 0 Å². The Morgan fingerprint density at radius 1 is 1.37 bits per heavy atom. The number of amides is 1. The van der Waals surface area contributed by atoms with E-state index in [4.69, 9.17) is 5.73 Å². The molecule has 1 aliphatic heterocycles. The van der Waals surface area contributed by atoms with Crippen LogP contribution in [0.1, 0.15) is 28.8 Å². The monoisotopic (exact) mass is 260 g/mol. The van der Waals surface area contributed by atoms with Crippen molar-refractivity contribution in [2.24, 2.45) is 11.7 Å². The van der Waals surface area contributed by atoms with E-state index >= 15 is 0 Å². The summed E-state index contributed by atoms with van der Waals surface area (Å²) in [5.41, 5.74) is 7.11. The molecule has 0 aromatic heterocycles. The van der Waals surface area contributed by atoms with Gasteiger partial charge in [0.15, 0.2) is 5.78 Å². The van der Waals surface area contributed by atoms with Gasteiger partial charge in [-0.05, 0) is 31.9 Å². The maximum Gasteiger partial charge on any atom is 0.221 e. The number of carbonyl (C=O) groups excluding carboxylic acids is 2. The minimum absolute atomic E-state index is 0.113. The number of likely N-dealkylation sites (tertiary alicyclic amines) is 1. The predicted molar refractivity (Wildman–Crippen MR) is 73.9 cm³/mol. The Hall–Kier alpha value is -1.68. The average Bonchev–Trinajstić information content (AvgIpc) is 2.39. The molecule has 1 unspecified atom stereocenters. The molecule has 19 heavy (non-hydrogen) atoms. The number of carbonyl (C=O) groups is 2. The summed E-state index contributed by atoms with van der Waals surface area (Å²) >= 11 is 0. The summed E-state index contributed by atoms with van der Waals surface area (Å²) in [5.74, 6) is -0.255. The van der Waals surface area contributed by atoms with Crippen molar-refractivity contribution in [3.05, 3.63) is 35.4 Å². The molecule has 0 aliphatic carbocycles. The first kappa shape index (κ1) is 13.7. The van der Waals surface area contributed by atoms with Gasteiger partial charge in [-0.15, -0.1) is 0 Å². The summed E-state index contributed by atoms with van der Waals surface area (Å²) in [6.07, 6.45) is 1.76. The third-order valence-electron chi connectivity index (χ3n) is 3.72. The molecule has 0 bridgehead atoms. The smallest absolute Gasteiger partial charge is 0.221 e. The average molecular weight is 260 g/mol. The second kappa shape index (κ2) is 5.97. The molecule has 102 valence electrons. The van der Waals surface area contributed by atoms with Crippen LogP contribution in [-0.2, 0) is 4.79 Å². The van der Waals surface area contributed by atoms with E-state index in [1.807, 2.05) is 36.1 Å². The first-order valence-electron chi connectivity index (χ1n) is 6.68. The van der Waals surface area contributed by atoms with Gasteiger partial charge in [0.2, 0.25) is 5.91 Å². The van der Waals surface area contributed by atoms with E-state index in [0.29, 0.717) is 13.1 Å². The fourth-order valence-electron chi connectivity index (χ4n) is 2.61. The molecule has 4 heteroatoms. The molecule has 1 atom stereocenters. The van der Waals surface area contributed by atoms with Gasteiger partial charge in [0.1, 0.15) is 0 Å². The van der Waals surface area contributed by atoms with E-state index in [0.717, 1.165) is 30.5 Å². The van der Waals surface area contributed by atoms with Gasteiger partial charge >= 0.3 is 0 Å². The van der Waals surface area contributed by atoms with Crippen LogP contribution < -0.4 is 5.73 Å². The first-order valence-corrected chi connectivity index (χ1v) is 6.68. The topological polar surface area (TPSA) is 63.4 Å². The van der Waals surface area contributed by atoms with Crippen LogP contribution in [0.15, 0.2) is 24.3 Å². The summed E-state index contributed by atoms with van der Waals surface area (Å²) in [7, 11) is 0. The van der Waals surface area contributed by atoms with Crippen LogP contribution in [0.3, 0.4) is 0 Å². The fraction of sp³-hybridized carbons (Fsp3) is 0.467. The molecule has 1 heterocycles. The van der Waals surface area contributed by atoms with E-state index in [9.17, 15) is 9.59 Å². The molecule has 4 nitrogen and oxygen atoms in total. The maximum absolute atomic E-state index is 12.3. The van der Waals surface area contributed by atoms with Gasteiger partial charge in [-0.2, -0.15) is 0 Å². The Morgan fingerprint density at radius 2 is 2.11 bits per heavy atom. The molecule has 2 rings (SSSR count). The van der Waals surface area contributed by atoms with Crippen molar-refractivity contribution in [3.63, 3.8) is 0 Å². The lowest BCUT2D eigenvalue weighted by molar-refractivity contribution is -0.123. The van der Waals surface area contributed by atoms with Gasteiger partial charge in [-0.1, -0.05) is 24.3 Å². The third-order valence-corrected chi connectivity index (χ3v) is 3.72. The lowest BCUT2D eigenvalue weighted by Crippen LogP contribution is -2.43. The van der Waals surface area contributed by atoms with E-state index in [1.165, 1.54) is 0 Å². The van der Waals surface area contributed by atoms with Crippen molar-refractivity contribution in [1.82, 2.24) is 4.90 Å². The number of hydrogen-bond donors (Lipinski definition) is 1. The van der Waals surface area contributed by atoms with Crippen LogP contribution in [0, 0.1) is 12.8 Å². The van der Waals surface area contributed by atoms with Gasteiger partial charge < -0.3 is 5.73 Å². The van der Waals surface area contributed by atoms with Crippen molar-refractivity contribution in [1.29, 1.82) is 0 Å². The quantitative estimate of drug-likeness (QED) is 0.832. The van der Waals surface area contributed by atoms with Crippen molar-refractivity contribution < 1.29 is 9.59 Å². The van der Waals surface area contributed by atoms with Crippen molar-refractivity contribution in [2.75, 3.05) is 19.6 Å². The van der Waals surface area contributed by atoms with E-state index in [-0.39, 0.29) is 17.6 Å². The van der Waals surface area contributed by atoms with Crippen LogP contribution in [0.4, 0.5) is 0 Å². The van der Waals surface area contributed by atoms with E-state index < -0.39 is 0 Å². The van der Waals surface area contributed by atoms with Gasteiger partial charge in [0.25, 0.3) is 0 Å². The van der Waals surface area contributed by atoms with Crippen molar-refractivity contribution in [3.8, 4) is 0 Å². The van der Waals surface area contributed by atoms with Gasteiger partial charge in [0.05, 0.1) is 12.5 Å². The van der Waals surface area contributed by atoms with Crippen molar-refractivity contribution in [2.45, 2.75) is 19.8 Å². The highest BCUT2D eigenvalue weighted by Crippen LogP contribution is 2.17. The zero-order valence-electron chi connectivity index (χ0n) is 11.3. The fourth-order valence-corrected chi connectivity index (χ4v) is 2.61. The number of nitrogens with two attached hydrogens (primary N) is 1. The highest BCUT2D eigenvalue weighted by molar-refractivity contribution is 5.98. The Balaban J connectivity index is 1.99. The molecular formula is C15H20N2O2. The molecule has 2 N–H and O–H groups in total. The summed E-state index contributed by atoms with van der Waals surface area (Å²) in [4.78, 5) is 25.5. The Labute approximate surface area is 113 Å². The number of ketones is 1. The van der Waals surface area contributed by atoms with Gasteiger partial charge in [0, 0.05) is 12.1 Å². The minimum Gasteiger partial charge on any atom is -0.369 e. The molecule has 1 fully saturated rings. The predicted octanol–water partition coefficient (Wildman–Crippen LogP) is 1.38. The normalized spacial score (nSPS) is 20.2. The largest absolute Gasteiger partial charge is 0.369 e. The number of Topliss-reactive ketones (excluding diaryl/α,β-unsaturated/α-hetero) is 1. The first-order chi connectivity index (χ1) is 9.08. The zero-order chi connectivity index (χ0) is 13.8. The summed E-state index contributed by atoms with van der Waals surface area (Å²) in [5, 5.41) is 0. The molecule has 1 aliphatic rings. The van der Waals surface area contributed by atoms with Gasteiger partial charge in [-0.25, -0.2) is 0 Å². The molecule has 1 aromatic carbocycles. The second-order valence-corrected chi connectivity index (χ2v) is 5.21. The number of benzene rings is 1. The summed E-state index contributed by atoms with van der Waals surface area (Å²) in [6, 6.07) is 7.60. The number of hydrogen-bond acceptors (Lipinski definition) is 3. The third kappa shape index (κ3) is 3.41. The van der Waals surface area contributed by atoms with E-state index in [1.54, 1.807) is 0 Å². The van der Waals surface area contributed by atoms with Gasteiger partial charge in [-0.3, -0.25) is 14.5 Å². The molecular weight excluding hydrogens is 240 g/mol. The lowest BCUT2D eigenvalue weighted by atomic mass is 9.96. The molecule has 0 spiro atoms. The molecule has 0 radical (unpaired) electrons. The SMILES string of the molecule is Cc1ccccc1C(=O)CN1CCCC(C(N)=O)C1. The van der Waals surface area contributed by atoms with E-state index in [2.05, 4.69) is 0 Å². The van der Waals surface area contributed by atoms with Crippen LogP contribution in [0.2, 0.25) is 0 Å². The summed E-state index contributed by atoms with van der Waals surface area (Å²) < 4.78 is 0. The molecule has 1 saturated heterocycles. The number of nitrogens with zero attached hydrogens (tertiary/aromatic N) is 1. The lowest BCUT2D eigenvalue weighted by Gasteiger charge is -2.30. The van der Waals surface area contributed by atoms with Crippen LogP contribution in [-0.4, -0.2) is 36.2 Å². The number of rotatable bonds is 4. The van der Waals surface area contributed by atoms with Crippen molar-refractivity contribution >= 4 is 11.7 Å². The Morgan fingerprint density at radius 3 is 2.79 bits per heavy atom. The highest BCUT2D eigenvalue weighted by Gasteiger charge is 2.25.